The summed E-state index contributed by atoms with van der Waals surface area (Å²) in [5, 5.41) is 0. The SMILES string of the molecule is Cn1cc(N)c(=O)n(CCCOCC(F)(F)F)c1=O. The molecular weight excluding hydrogens is 267 g/mol. The summed E-state index contributed by atoms with van der Waals surface area (Å²) in [6, 6.07) is 0. The van der Waals surface area contributed by atoms with Gasteiger partial charge in [-0.3, -0.25) is 9.36 Å². The van der Waals surface area contributed by atoms with Crippen molar-refractivity contribution < 1.29 is 17.9 Å². The van der Waals surface area contributed by atoms with Gasteiger partial charge < -0.3 is 15.0 Å². The van der Waals surface area contributed by atoms with Crippen LogP contribution in [0.1, 0.15) is 6.42 Å². The highest BCUT2D eigenvalue weighted by Gasteiger charge is 2.27. The molecule has 6 nitrogen and oxygen atoms in total. The Morgan fingerprint density at radius 2 is 2.00 bits per heavy atom. The summed E-state index contributed by atoms with van der Waals surface area (Å²) in [6.07, 6.45) is -3.08. The summed E-state index contributed by atoms with van der Waals surface area (Å²) in [6.45, 7) is -1.60. The summed E-state index contributed by atoms with van der Waals surface area (Å²) >= 11 is 0. The van der Waals surface area contributed by atoms with E-state index in [1.807, 2.05) is 0 Å². The topological polar surface area (TPSA) is 79.2 Å². The fraction of sp³-hybridized carbons (Fsp3) is 0.600. The Labute approximate surface area is 106 Å². The zero-order chi connectivity index (χ0) is 14.6. The van der Waals surface area contributed by atoms with Gasteiger partial charge in [-0.15, -0.1) is 0 Å². The number of hydrogen-bond donors (Lipinski definition) is 1. The standard InChI is InChI=1S/C10H14F3N3O3/c1-15-5-7(14)8(17)16(9(15)18)3-2-4-19-6-10(11,12)13/h5H,2-4,6,14H2,1H3. The van der Waals surface area contributed by atoms with Gasteiger partial charge in [0, 0.05) is 26.4 Å². The zero-order valence-corrected chi connectivity index (χ0v) is 10.2. The van der Waals surface area contributed by atoms with Crippen LogP contribution in [0.15, 0.2) is 15.8 Å². The number of hydrogen-bond acceptors (Lipinski definition) is 4. The maximum atomic E-state index is 11.8. The number of rotatable bonds is 5. The number of aryl methyl sites for hydroxylation is 1. The molecule has 0 saturated heterocycles. The Morgan fingerprint density at radius 1 is 1.37 bits per heavy atom. The van der Waals surface area contributed by atoms with Crippen LogP contribution in [0.4, 0.5) is 18.9 Å². The fourth-order valence-electron chi connectivity index (χ4n) is 1.46. The molecule has 1 aromatic rings. The van der Waals surface area contributed by atoms with E-state index in [2.05, 4.69) is 4.74 Å². The van der Waals surface area contributed by atoms with E-state index in [0.29, 0.717) is 0 Å². The van der Waals surface area contributed by atoms with Crippen molar-refractivity contribution >= 4 is 5.69 Å². The van der Waals surface area contributed by atoms with E-state index in [1.54, 1.807) is 0 Å². The lowest BCUT2D eigenvalue weighted by molar-refractivity contribution is -0.174. The number of halogens is 3. The van der Waals surface area contributed by atoms with Crippen molar-refractivity contribution in [3.05, 3.63) is 27.0 Å². The predicted octanol–water partition coefficient (Wildman–Crippen LogP) is 0.0982. The second-order valence-electron chi connectivity index (χ2n) is 3.96. The van der Waals surface area contributed by atoms with Gasteiger partial charge in [-0.1, -0.05) is 0 Å². The predicted molar refractivity (Wildman–Crippen MR) is 61.8 cm³/mol. The van der Waals surface area contributed by atoms with Crippen LogP contribution in [0.2, 0.25) is 0 Å². The van der Waals surface area contributed by atoms with E-state index in [4.69, 9.17) is 5.73 Å². The highest BCUT2D eigenvalue weighted by atomic mass is 19.4. The zero-order valence-electron chi connectivity index (χ0n) is 10.2. The Kier molecular flexibility index (Phi) is 4.76. The van der Waals surface area contributed by atoms with Crippen molar-refractivity contribution in [2.45, 2.75) is 19.1 Å². The first-order valence-corrected chi connectivity index (χ1v) is 5.43. The molecule has 0 aromatic carbocycles. The Bertz CT molecular complexity index is 513. The van der Waals surface area contributed by atoms with Gasteiger partial charge in [0.25, 0.3) is 5.56 Å². The Hall–Kier alpha value is -1.77. The molecule has 0 radical (unpaired) electrons. The van der Waals surface area contributed by atoms with Crippen molar-refractivity contribution in [2.75, 3.05) is 18.9 Å². The second-order valence-corrected chi connectivity index (χ2v) is 3.96. The molecule has 1 rings (SSSR count). The molecule has 19 heavy (non-hydrogen) atoms. The summed E-state index contributed by atoms with van der Waals surface area (Å²) < 4.78 is 41.7. The van der Waals surface area contributed by atoms with Gasteiger partial charge in [0.05, 0.1) is 0 Å². The third kappa shape index (κ3) is 4.43. The minimum absolute atomic E-state index is 0.0472. The van der Waals surface area contributed by atoms with Gasteiger partial charge in [0.15, 0.2) is 0 Å². The van der Waals surface area contributed by atoms with Crippen molar-refractivity contribution in [1.82, 2.24) is 9.13 Å². The average Bonchev–Trinajstić information content (AvgIpc) is 2.29. The third-order valence-electron chi connectivity index (χ3n) is 2.29. The highest BCUT2D eigenvalue weighted by molar-refractivity contribution is 5.30. The van der Waals surface area contributed by atoms with Gasteiger partial charge in [-0.05, 0) is 6.42 Å². The molecule has 0 saturated carbocycles. The molecule has 0 amide bonds. The molecule has 0 fully saturated rings. The third-order valence-corrected chi connectivity index (χ3v) is 2.29. The summed E-state index contributed by atoms with van der Waals surface area (Å²) in [7, 11) is 1.43. The van der Waals surface area contributed by atoms with Crippen LogP contribution in [0.25, 0.3) is 0 Å². The molecule has 0 aliphatic carbocycles. The first kappa shape index (κ1) is 15.3. The normalized spacial score (nSPS) is 11.8. The molecule has 2 N–H and O–H groups in total. The van der Waals surface area contributed by atoms with Crippen LogP contribution in [-0.2, 0) is 18.3 Å². The largest absolute Gasteiger partial charge is 0.411 e. The van der Waals surface area contributed by atoms with Crippen molar-refractivity contribution in [3.8, 4) is 0 Å². The van der Waals surface area contributed by atoms with Crippen molar-refractivity contribution in [2.24, 2.45) is 7.05 Å². The lowest BCUT2D eigenvalue weighted by Gasteiger charge is -2.09. The van der Waals surface area contributed by atoms with Crippen LogP contribution < -0.4 is 17.0 Å². The molecule has 1 heterocycles. The summed E-state index contributed by atoms with van der Waals surface area (Å²) in [5.74, 6) is 0. The second kappa shape index (κ2) is 5.91. The lowest BCUT2D eigenvalue weighted by atomic mass is 10.4. The minimum atomic E-state index is -4.38. The highest BCUT2D eigenvalue weighted by Crippen LogP contribution is 2.14. The first-order chi connectivity index (χ1) is 8.72. The molecular formula is C10H14F3N3O3. The Balaban J connectivity index is 2.60. The van der Waals surface area contributed by atoms with Gasteiger partial charge in [0.1, 0.15) is 12.3 Å². The van der Waals surface area contributed by atoms with Crippen LogP contribution in [0.3, 0.4) is 0 Å². The van der Waals surface area contributed by atoms with Crippen LogP contribution in [-0.4, -0.2) is 28.5 Å². The minimum Gasteiger partial charge on any atom is -0.393 e. The van der Waals surface area contributed by atoms with Crippen LogP contribution in [0.5, 0.6) is 0 Å². The summed E-state index contributed by atoms with van der Waals surface area (Å²) in [4.78, 5) is 23.2. The molecule has 0 atom stereocenters. The van der Waals surface area contributed by atoms with E-state index < -0.39 is 24.0 Å². The van der Waals surface area contributed by atoms with Gasteiger partial charge in [-0.2, -0.15) is 13.2 Å². The first-order valence-electron chi connectivity index (χ1n) is 5.43. The number of nitrogens with zero attached hydrogens (tertiary/aromatic N) is 2. The van der Waals surface area contributed by atoms with E-state index in [9.17, 15) is 22.8 Å². The van der Waals surface area contributed by atoms with E-state index in [-0.39, 0.29) is 25.3 Å². The quantitative estimate of drug-likeness (QED) is 0.776. The monoisotopic (exact) mass is 281 g/mol. The summed E-state index contributed by atoms with van der Waals surface area (Å²) in [5.41, 5.74) is 4.08. The smallest absolute Gasteiger partial charge is 0.393 e. The van der Waals surface area contributed by atoms with Gasteiger partial charge in [0.2, 0.25) is 0 Å². The lowest BCUT2D eigenvalue weighted by Crippen LogP contribution is -2.40. The number of aromatic nitrogens is 2. The van der Waals surface area contributed by atoms with Gasteiger partial charge >= 0.3 is 11.9 Å². The average molecular weight is 281 g/mol. The number of ether oxygens (including phenoxy) is 1. The maximum absolute atomic E-state index is 11.8. The maximum Gasteiger partial charge on any atom is 0.411 e. The molecule has 0 unspecified atom stereocenters. The van der Waals surface area contributed by atoms with E-state index in [1.165, 1.54) is 13.2 Å². The molecule has 0 aliphatic rings. The van der Waals surface area contributed by atoms with Crippen molar-refractivity contribution in [3.63, 3.8) is 0 Å². The van der Waals surface area contributed by atoms with Gasteiger partial charge in [-0.25, -0.2) is 4.79 Å². The molecule has 0 bridgehead atoms. The fourth-order valence-corrected chi connectivity index (χ4v) is 1.46. The number of nitrogens with two attached hydrogens (primary N) is 1. The van der Waals surface area contributed by atoms with E-state index in [0.717, 1.165) is 9.13 Å². The van der Waals surface area contributed by atoms with Crippen molar-refractivity contribution in [1.29, 1.82) is 0 Å². The molecule has 108 valence electrons. The van der Waals surface area contributed by atoms with E-state index >= 15 is 0 Å². The molecule has 0 spiro atoms. The number of alkyl halides is 3. The van der Waals surface area contributed by atoms with Crippen LogP contribution >= 0.6 is 0 Å². The molecule has 9 heteroatoms. The molecule has 0 aliphatic heterocycles. The molecule has 1 aromatic heterocycles. The Morgan fingerprint density at radius 3 is 2.58 bits per heavy atom. The number of anilines is 1. The van der Waals surface area contributed by atoms with Crippen LogP contribution in [0, 0.1) is 0 Å². The number of nitrogen functional groups attached to an aromatic ring is 1.